The Morgan fingerprint density at radius 3 is 2.70 bits per heavy atom. The van der Waals surface area contributed by atoms with Crippen molar-refractivity contribution in [3.63, 3.8) is 0 Å². The Balaban J connectivity index is 2.19. The van der Waals surface area contributed by atoms with Gasteiger partial charge >= 0.3 is 0 Å². The van der Waals surface area contributed by atoms with E-state index < -0.39 is 5.54 Å². The maximum atomic E-state index is 9.61. The molecule has 0 saturated carbocycles. The molecule has 5 nitrogen and oxygen atoms in total. The molecule has 1 fully saturated rings. The van der Waals surface area contributed by atoms with Gasteiger partial charge in [0.15, 0.2) is 0 Å². The van der Waals surface area contributed by atoms with Crippen molar-refractivity contribution in [3.8, 4) is 11.5 Å². The largest absolute Gasteiger partial charge is 0.497 e. The summed E-state index contributed by atoms with van der Waals surface area (Å²) in [5.74, 6) is 1.48. The Labute approximate surface area is 120 Å². The van der Waals surface area contributed by atoms with Gasteiger partial charge in [0.2, 0.25) is 0 Å². The molecular formula is C15H24N2O3. The van der Waals surface area contributed by atoms with E-state index in [1.807, 2.05) is 25.1 Å². The van der Waals surface area contributed by atoms with Crippen LogP contribution in [0.3, 0.4) is 0 Å². The first-order chi connectivity index (χ1) is 9.46. The lowest BCUT2D eigenvalue weighted by Gasteiger charge is -2.31. The first-order valence-corrected chi connectivity index (χ1v) is 6.88. The number of benzene rings is 1. The predicted molar refractivity (Wildman–Crippen MR) is 78.1 cm³/mol. The van der Waals surface area contributed by atoms with Crippen LogP contribution >= 0.6 is 0 Å². The number of hydrogen-bond donors (Lipinski definition) is 2. The molecule has 0 bridgehead atoms. The van der Waals surface area contributed by atoms with Crippen LogP contribution in [-0.4, -0.2) is 50.0 Å². The minimum atomic E-state index is -0.540. The summed E-state index contributed by atoms with van der Waals surface area (Å²) < 4.78 is 10.6. The summed E-state index contributed by atoms with van der Waals surface area (Å²) in [4.78, 5) is 2.19. The summed E-state index contributed by atoms with van der Waals surface area (Å²) >= 11 is 0. The molecule has 0 aliphatic carbocycles. The molecule has 1 aliphatic heterocycles. The normalized spacial score (nSPS) is 22.6. The molecule has 1 heterocycles. The van der Waals surface area contributed by atoms with E-state index in [2.05, 4.69) is 4.90 Å². The maximum absolute atomic E-state index is 9.61. The summed E-state index contributed by atoms with van der Waals surface area (Å²) in [7, 11) is 3.26. The molecule has 1 saturated heterocycles. The van der Waals surface area contributed by atoms with Crippen LogP contribution in [0.2, 0.25) is 0 Å². The molecule has 0 amide bonds. The molecule has 1 aromatic rings. The molecule has 0 spiro atoms. The molecule has 2 atom stereocenters. The first-order valence-electron chi connectivity index (χ1n) is 6.88. The van der Waals surface area contributed by atoms with E-state index in [9.17, 15) is 5.11 Å². The van der Waals surface area contributed by atoms with Gasteiger partial charge in [0.25, 0.3) is 0 Å². The Hall–Kier alpha value is -1.30. The number of nitrogens with zero attached hydrogens (tertiary/aromatic N) is 1. The number of β-amino-alcohol motifs (C(OH)–C–C–N with tert-alkyl or cyclic N) is 1. The second-order valence-electron chi connectivity index (χ2n) is 5.66. The zero-order valence-electron chi connectivity index (χ0n) is 12.4. The van der Waals surface area contributed by atoms with Crippen molar-refractivity contribution in [3.05, 3.63) is 23.8 Å². The van der Waals surface area contributed by atoms with E-state index in [-0.39, 0.29) is 6.10 Å². The SMILES string of the molecule is COc1ccc([C@](C)(N)CN2CC[C@H](O)C2)c(OC)c1. The topological polar surface area (TPSA) is 68.0 Å². The highest BCUT2D eigenvalue weighted by Crippen LogP contribution is 2.32. The number of methoxy groups -OCH3 is 2. The number of nitrogens with two attached hydrogens (primary N) is 1. The van der Waals surface area contributed by atoms with Gasteiger partial charge in [0, 0.05) is 31.3 Å². The molecule has 5 heteroatoms. The lowest BCUT2D eigenvalue weighted by Crippen LogP contribution is -2.45. The number of aliphatic hydroxyl groups excluding tert-OH is 1. The fourth-order valence-electron chi connectivity index (χ4n) is 2.78. The van der Waals surface area contributed by atoms with Gasteiger partial charge in [-0.15, -0.1) is 0 Å². The fourth-order valence-corrected chi connectivity index (χ4v) is 2.78. The molecule has 2 rings (SSSR count). The Morgan fingerprint density at radius 1 is 1.40 bits per heavy atom. The van der Waals surface area contributed by atoms with Gasteiger partial charge in [0.05, 0.1) is 25.9 Å². The van der Waals surface area contributed by atoms with E-state index in [1.54, 1.807) is 14.2 Å². The Bertz CT molecular complexity index is 462. The second kappa shape index (κ2) is 5.99. The summed E-state index contributed by atoms with van der Waals surface area (Å²) in [6.07, 6.45) is 0.582. The van der Waals surface area contributed by atoms with E-state index in [0.717, 1.165) is 30.0 Å². The van der Waals surface area contributed by atoms with Crippen LogP contribution in [0, 0.1) is 0 Å². The standard InChI is InChI=1S/C15H24N2O3/c1-15(16,10-17-7-6-11(18)9-17)13-5-4-12(19-2)8-14(13)20-3/h4-5,8,11,18H,6-7,9-10,16H2,1-3H3/t11-,15+/m0/s1. The number of ether oxygens (including phenoxy) is 2. The van der Waals surface area contributed by atoms with Crippen LogP contribution in [0.1, 0.15) is 18.9 Å². The van der Waals surface area contributed by atoms with Crippen LogP contribution < -0.4 is 15.2 Å². The van der Waals surface area contributed by atoms with Crippen molar-refractivity contribution in [2.75, 3.05) is 33.9 Å². The lowest BCUT2D eigenvalue weighted by molar-refractivity contribution is 0.166. The van der Waals surface area contributed by atoms with Gasteiger partial charge in [-0.3, -0.25) is 4.90 Å². The highest BCUT2D eigenvalue weighted by Gasteiger charge is 2.31. The molecule has 3 N–H and O–H groups in total. The third-order valence-corrected chi connectivity index (χ3v) is 3.82. The minimum absolute atomic E-state index is 0.233. The quantitative estimate of drug-likeness (QED) is 0.840. The molecule has 1 aliphatic rings. The zero-order chi connectivity index (χ0) is 14.8. The molecule has 0 radical (unpaired) electrons. The minimum Gasteiger partial charge on any atom is -0.497 e. The zero-order valence-corrected chi connectivity index (χ0v) is 12.4. The van der Waals surface area contributed by atoms with Crippen molar-refractivity contribution in [2.45, 2.75) is 25.0 Å². The maximum Gasteiger partial charge on any atom is 0.127 e. The highest BCUT2D eigenvalue weighted by molar-refractivity contribution is 5.44. The molecule has 0 aromatic heterocycles. The number of hydrogen-bond acceptors (Lipinski definition) is 5. The van der Waals surface area contributed by atoms with E-state index >= 15 is 0 Å². The van der Waals surface area contributed by atoms with Crippen LogP contribution in [-0.2, 0) is 5.54 Å². The fraction of sp³-hybridized carbons (Fsp3) is 0.600. The van der Waals surface area contributed by atoms with Crippen molar-refractivity contribution < 1.29 is 14.6 Å². The van der Waals surface area contributed by atoms with Crippen molar-refractivity contribution in [1.29, 1.82) is 0 Å². The van der Waals surface area contributed by atoms with Crippen molar-refractivity contribution in [1.82, 2.24) is 4.90 Å². The molecule has 1 aromatic carbocycles. The van der Waals surface area contributed by atoms with Gasteiger partial charge in [-0.05, 0) is 25.5 Å². The molecule has 112 valence electrons. The van der Waals surface area contributed by atoms with Gasteiger partial charge < -0.3 is 20.3 Å². The van der Waals surface area contributed by atoms with E-state index in [1.165, 1.54) is 0 Å². The van der Waals surface area contributed by atoms with Crippen LogP contribution in [0.5, 0.6) is 11.5 Å². The predicted octanol–water partition coefficient (Wildman–Crippen LogP) is 0.944. The smallest absolute Gasteiger partial charge is 0.127 e. The average Bonchev–Trinajstić information content (AvgIpc) is 2.82. The highest BCUT2D eigenvalue weighted by atomic mass is 16.5. The average molecular weight is 280 g/mol. The van der Waals surface area contributed by atoms with E-state index in [4.69, 9.17) is 15.2 Å². The van der Waals surface area contributed by atoms with Gasteiger partial charge in [-0.2, -0.15) is 0 Å². The Kier molecular flexibility index (Phi) is 4.52. The third kappa shape index (κ3) is 3.23. The van der Waals surface area contributed by atoms with Crippen LogP contribution in [0.4, 0.5) is 0 Å². The van der Waals surface area contributed by atoms with Gasteiger partial charge in [-0.1, -0.05) is 0 Å². The molecule has 0 unspecified atom stereocenters. The van der Waals surface area contributed by atoms with Crippen LogP contribution in [0.25, 0.3) is 0 Å². The summed E-state index contributed by atoms with van der Waals surface area (Å²) in [5.41, 5.74) is 6.89. The Morgan fingerprint density at radius 2 is 2.15 bits per heavy atom. The monoisotopic (exact) mass is 280 g/mol. The van der Waals surface area contributed by atoms with Crippen molar-refractivity contribution in [2.24, 2.45) is 5.73 Å². The van der Waals surface area contributed by atoms with Gasteiger partial charge in [-0.25, -0.2) is 0 Å². The molecular weight excluding hydrogens is 256 g/mol. The third-order valence-electron chi connectivity index (χ3n) is 3.82. The summed E-state index contributed by atoms with van der Waals surface area (Å²) in [5, 5.41) is 9.61. The van der Waals surface area contributed by atoms with Crippen molar-refractivity contribution >= 4 is 0 Å². The summed E-state index contributed by atoms with van der Waals surface area (Å²) in [6.45, 7) is 4.24. The second-order valence-corrected chi connectivity index (χ2v) is 5.66. The number of aliphatic hydroxyl groups is 1. The number of likely N-dealkylation sites (tertiary alicyclic amines) is 1. The lowest BCUT2D eigenvalue weighted by atomic mass is 9.91. The summed E-state index contributed by atoms with van der Waals surface area (Å²) in [6, 6.07) is 5.69. The van der Waals surface area contributed by atoms with E-state index in [0.29, 0.717) is 13.1 Å². The number of rotatable bonds is 5. The van der Waals surface area contributed by atoms with Gasteiger partial charge in [0.1, 0.15) is 11.5 Å². The molecule has 20 heavy (non-hydrogen) atoms. The van der Waals surface area contributed by atoms with Crippen LogP contribution in [0.15, 0.2) is 18.2 Å². The first kappa shape index (κ1) is 15.1.